The number of carbonyl (C=O) groups is 1. The van der Waals surface area contributed by atoms with Gasteiger partial charge in [-0.15, -0.1) is 5.10 Å². The largest absolute Gasteiger partial charge is 0.437 e. The lowest BCUT2D eigenvalue weighted by Gasteiger charge is -2.09. The molecule has 5 nitrogen and oxygen atoms in total. The van der Waals surface area contributed by atoms with E-state index in [1.165, 1.54) is 18.3 Å². The third kappa shape index (κ3) is 3.85. The van der Waals surface area contributed by atoms with E-state index in [1.54, 1.807) is 36.4 Å². The summed E-state index contributed by atoms with van der Waals surface area (Å²) < 4.78 is 19.3. The van der Waals surface area contributed by atoms with Gasteiger partial charge in [0.1, 0.15) is 11.6 Å². The van der Waals surface area contributed by atoms with Crippen molar-refractivity contribution in [2.45, 2.75) is 0 Å². The number of ether oxygens (including phenoxy) is 1. The molecule has 0 aliphatic rings. The van der Waals surface area contributed by atoms with E-state index in [4.69, 9.17) is 16.3 Å². The van der Waals surface area contributed by atoms with Crippen LogP contribution in [0.1, 0.15) is 10.4 Å². The molecule has 0 aliphatic heterocycles. The molecule has 0 saturated carbocycles. The smallest absolute Gasteiger partial charge is 0.258 e. The van der Waals surface area contributed by atoms with E-state index in [9.17, 15) is 9.18 Å². The average molecular weight is 344 g/mol. The van der Waals surface area contributed by atoms with Gasteiger partial charge >= 0.3 is 0 Å². The number of hydrogen-bond donors (Lipinski definition) is 1. The fraction of sp³-hybridized carbons (Fsp3) is 0. The molecule has 1 aromatic heterocycles. The molecule has 1 heterocycles. The fourth-order valence-electron chi connectivity index (χ4n) is 1.97. The summed E-state index contributed by atoms with van der Waals surface area (Å²) in [7, 11) is 0. The zero-order chi connectivity index (χ0) is 16.9. The Morgan fingerprint density at radius 1 is 1.12 bits per heavy atom. The molecule has 120 valence electrons. The van der Waals surface area contributed by atoms with E-state index >= 15 is 0 Å². The quantitative estimate of drug-likeness (QED) is 0.766. The number of hydrogen-bond acceptors (Lipinski definition) is 4. The highest BCUT2D eigenvalue weighted by atomic mass is 35.5. The van der Waals surface area contributed by atoms with Gasteiger partial charge < -0.3 is 10.1 Å². The molecule has 0 atom stereocenters. The third-order valence-corrected chi connectivity index (χ3v) is 3.27. The maximum absolute atomic E-state index is 13.7. The zero-order valence-electron chi connectivity index (χ0n) is 12.2. The van der Waals surface area contributed by atoms with Crippen LogP contribution in [0, 0.1) is 5.82 Å². The Kier molecular flexibility index (Phi) is 4.67. The third-order valence-electron chi connectivity index (χ3n) is 3.04. The number of benzene rings is 2. The maximum atomic E-state index is 13.7. The van der Waals surface area contributed by atoms with Crippen LogP contribution in [0.5, 0.6) is 11.6 Å². The molecule has 0 bridgehead atoms. The van der Waals surface area contributed by atoms with Gasteiger partial charge in [-0.2, -0.15) is 5.10 Å². The van der Waals surface area contributed by atoms with Crippen molar-refractivity contribution >= 4 is 23.2 Å². The van der Waals surface area contributed by atoms with Gasteiger partial charge in [-0.3, -0.25) is 4.79 Å². The molecule has 0 radical (unpaired) electrons. The molecule has 7 heteroatoms. The lowest BCUT2D eigenvalue weighted by atomic mass is 10.2. The van der Waals surface area contributed by atoms with Crippen molar-refractivity contribution in [1.82, 2.24) is 10.2 Å². The van der Waals surface area contributed by atoms with Crippen LogP contribution in [0.25, 0.3) is 0 Å². The predicted molar refractivity (Wildman–Crippen MR) is 87.9 cm³/mol. The Morgan fingerprint density at radius 2 is 2.00 bits per heavy atom. The number of anilines is 1. The van der Waals surface area contributed by atoms with E-state index < -0.39 is 11.7 Å². The summed E-state index contributed by atoms with van der Waals surface area (Å²) >= 11 is 5.80. The summed E-state index contributed by atoms with van der Waals surface area (Å²) in [5.41, 5.74) is 0.309. The van der Waals surface area contributed by atoms with Crippen molar-refractivity contribution in [1.29, 1.82) is 0 Å². The highest BCUT2D eigenvalue weighted by Crippen LogP contribution is 2.23. The summed E-state index contributed by atoms with van der Waals surface area (Å²) in [6.45, 7) is 0. The number of nitrogens with zero attached hydrogens (tertiary/aromatic N) is 2. The number of aromatic nitrogens is 2. The van der Waals surface area contributed by atoms with Crippen LogP contribution >= 0.6 is 11.6 Å². The summed E-state index contributed by atoms with van der Waals surface area (Å²) in [6, 6.07) is 13.8. The molecule has 3 aromatic rings. The highest BCUT2D eigenvalue weighted by molar-refractivity contribution is 6.31. The van der Waals surface area contributed by atoms with Gasteiger partial charge in [0.15, 0.2) is 0 Å². The second kappa shape index (κ2) is 7.06. The van der Waals surface area contributed by atoms with Crippen LogP contribution in [0.15, 0.2) is 60.8 Å². The normalized spacial score (nSPS) is 10.2. The van der Waals surface area contributed by atoms with Crippen LogP contribution in [-0.4, -0.2) is 16.1 Å². The Balaban J connectivity index is 1.77. The highest BCUT2D eigenvalue weighted by Gasteiger charge is 2.13. The molecule has 0 fully saturated rings. The molecule has 0 spiro atoms. The first kappa shape index (κ1) is 15.9. The molecular formula is C17H11ClFN3O2. The van der Waals surface area contributed by atoms with E-state index in [1.807, 2.05) is 0 Å². The fourth-order valence-corrected chi connectivity index (χ4v) is 2.14. The molecule has 1 N–H and O–H groups in total. The minimum Gasteiger partial charge on any atom is -0.437 e. The number of nitrogens with one attached hydrogen (secondary N) is 1. The minimum absolute atomic E-state index is 0.136. The van der Waals surface area contributed by atoms with Crippen LogP contribution in [0.4, 0.5) is 10.1 Å². The molecular weight excluding hydrogens is 333 g/mol. The lowest BCUT2D eigenvalue weighted by molar-refractivity contribution is 0.102. The summed E-state index contributed by atoms with van der Waals surface area (Å²) in [5.74, 6) is -0.475. The zero-order valence-corrected chi connectivity index (χ0v) is 13.0. The topological polar surface area (TPSA) is 64.1 Å². The number of rotatable bonds is 4. The molecule has 2 aromatic carbocycles. The first-order valence-corrected chi connectivity index (χ1v) is 7.31. The van der Waals surface area contributed by atoms with Gasteiger partial charge in [0, 0.05) is 29.0 Å². The van der Waals surface area contributed by atoms with Crippen LogP contribution in [0.2, 0.25) is 5.02 Å². The number of amides is 1. The minimum atomic E-state index is -0.649. The first-order valence-electron chi connectivity index (χ1n) is 6.94. The van der Waals surface area contributed by atoms with Gasteiger partial charge in [-0.25, -0.2) is 4.39 Å². The summed E-state index contributed by atoms with van der Waals surface area (Å²) in [6.07, 6.45) is 1.53. The van der Waals surface area contributed by atoms with Gasteiger partial charge in [0.05, 0.1) is 5.56 Å². The summed E-state index contributed by atoms with van der Waals surface area (Å²) in [5, 5.41) is 10.4. The van der Waals surface area contributed by atoms with Crippen molar-refractivity contribution in [3.63, 3.8) is 0 Å². The second-order valence-electron chi connectivity index (χ2n) is 4.77. The molecule has 24 heavy (non-hydrogen) atoms. The standard InChI is InChI=1S/C17H11ClFN3O2/c18-11-6-7-15(19)14(9-11)17(23)21-12-3-1-4-13(10-12)24-16-5-2-8-20-22-16/h1-10H,(H,21,23). The van der Waals surface area contributed by atoms with Crippen molar-refractivity contribution < 1.29 is 13.9 Å². The van der Waals surface area contributed by atoms with Crippen molar-refractivity contribution in [3.8, 4) is 11.6 Å². The van der Waals surface area contributed by atoms with Crippen LogP contribution in [0.3, 0.4) is 0 Å². The Bertz CT molecular complexity index is 875. The molecule has 0 aliphatic carbocycles. The van der Waals surface area contributed by atoms with Gasteiger partial charge in [-0.1, -0.05) is 17.7 Å². The van der Waals surface area contributed by atoms with Gasteiger partial charge in [0.2, 0.25) is 5.88 Å². The monoisotopic (exact) mass is 343 g/mol. The van der Waals surface area contributed by atoms with Crippen molar-refractivity contribution in [2.75, 3.05) is 5.32 Å². The van der Waals surface area contributed by atoms with Gasteiger partial charge in [-0.05, 0) is 36.4 Å². The van der Waals surface area contributed by atoms with Gasteiger partial charge in [0.25, 0.3) is 5.91 Å². The average Bonchev–Trinajstić information content (AvgIpc) is 2.58. The lowest BCUT2D eigenvalue weighted by Crippen LogP contribution is -2.13. The number of halogens is 2. The molecule has 3 rings (SSSR count). The summed E-state index contributed by atoms with van der Waals surface area (Å²) in [4.78, 5) is 12.2. The van der Waals surface area contributed by atoms with Crippen molar-refractivity contribution in [2.24, 2.45) is 0 Å². The van der Waals surface area contributed by atoms with Crippen LogP contribution < -0.4 is 10.1 Å². The first-order chi connectivity index (χ1) is 11.6. The van der Waals surface area contributed by atoms with E-state index in [2.05, 4.69) is 15.5 Å². The predicted octanol–water partition coefficient (Wildman–Crippen LogP) is 4.31. The van der Waals surface area contributed by atoms with E-state index in [0.29, 0.717) is 17.3 Å². The van der Waals surface area contributed by atoms with E-state index in [0.717, 1.165) is 6.07 Å². The Hall–Kier alpha value is -2.99. The maximum Gasteiger partial charge on any atom is 0.258 e. The molecule has 0 unspecified atom stereocenters. The Labute approximate surface area is 142 Å². The van der Waals surface area contributed by atoms with Crippen molar-refractivity contribution in [3.05, 3.63) is 77.2 Å². The molecule has 0 saturated heterocycles. The SMILES string of the molecule is O=C(Nc1cccc(Oc2cccnn2)c1)c1cc(Cl)ccc1F. The Morgan fingerprint density at radius 3 is 2.79 bits per heavy atom. The van der Waals surface area contributed by atoms with Crippen LogP contribution in [-0.2, 0) is 0 Å². The number of carbonyl (C=O) groups excluding carboxylic acids is 1. The molecule has 1 amide bonds. The second-order valence-corrected chi connectivity index (χ2v) is 5.21. The van der Waals surface area contributed by atoms with E-state index in [-0.39, 0.29) is 10.6 Å².